The summed E-state index contributed by atoms with van der Waals surface area (Å²) >= 11 is 0. The fourth-order valence-electron chi connectivity index (χ4n) is 3.39. The summed E-state index contributed by atoms with van der Waals surface area (Å²) in [7, 11) is -17.8. The van der Waals surface area contributed by atoms with E-state index in [1.807, 2.05) is 13.8 Å². The minimum absolute atomic E-state index is 0. The molecule has 31 heteroatoms. The van der Waals surface area contributed by atoms with Crippen molar-refractivity contribution in [3.63, 3.8) is 0 Å². The fraction of sp³-hybridized carbons (Fsp3) is 0.176. The average Bonchev–Trinajstić information content (AvgIpc) is 3.17. The summed E-state index contributed by atoms with van der Waals surface area (Å²) in [6, 6.07) is 9.82. The number of aliphatic hydroxyl groups excluding tert-OH is 2. The monoisotopic (exact) mass is 1030 g/mol. The summed E-state index contributed by atoms with van der Waals surface area (Å²) in [4.78, 5) is 39.6. The van der Waals surface area contributed by atoms with Gasteiger partial charge < -0.3 is 51.1 Å². The minimum Gasteiger partial charge on any atom is -0.507 e. The molecular weight excluding hydrogens is 992 g/mol. The second-order valence-electron chi connectivity index (χ2n) is 11.3. The molecule has 65 heavy (non-hydrogen) atoms. The number of carboxylic acids is 4. The minimum atomic E-state index is -4.45. The summed E-state index contributed by atoms with van der Waals surface area (Å²) in [5.74, 6) is -8.17. The molecule has 1 radical (unpaired) electrons. The molecule has 0 aliphatic heterocycles. The molecular formula is C34H40KO26S4. The van der Waals surface area contributed by atoms with E-state index in [0.717, 1.165) is 61.4 Å². The van der Waals surface area contributed by atoms with Crippen LogP contribution in [0, 0.1) is 0 Å². The van der Waals surface area contributed by atoms with E-state index in [4.69, 9.17) is 69.3 Å². The Morgan fingerprint density at radius 3 is 0.615 bits per heavy atom. The van der Waals surface area contributed by atoms with Gasteiger partial charge in [0, 0.05) is 64.6 Å². The number of aromatic hydroxyl groups is 4. The SMILES string of the molecule is CCCO.CCCO.O=C(O)c1cc(S(=O)(=O)O)ccc1O.O=C(O)c1cc(S(=O)(=O)O)ccc1O.O=C(O)c1cc(S(=O)(=O)O)ccc1O.O=C(O)c1cc(S(=O)(=O)O)ccc1O.[K]. The largest absolute Gasteiger partial charge is 0.507 e. The maximum absolute atomic E-state index is 10.6. The van der Waals surface area contributed by atoms with E-state index < -0.39 is 129 Å². The van der Waals surface area contributed by atoms with E-state index in [-0.39, 0.29) is 51.4 Å². The maximum Gasteiger partial charge on any atom is 0.339 e. The third kappa shape index (κ3) is 24.3. The van der Waals surface area contributed by atoms with Gasteiger partial charge >= 0.3 is 23.9 Å². The zero-order valence-corrected chi connectivity index (χ0v) is 39.9. The molecule has 4 aromatic carbocycles. The zero-order valence-electron chi connectivity index (χ0n) is 33.5. The van der Waals surface area contributed by atoms with Crippen LogP contribution in [0.3, 0.4) is 0 Å². The molecule has 0 heterocycles. The van der Waals surface area contributed by atoms with E-state index in [9.17, 15) is 52.8 Å². The number of aromatic carboxylic acids is 4. The molecule has 0 spiro atoms. The van der Waals surface area contributed by atoms with Gasteiger partial charge in [0.05, 0.1) is 19.6 Å². The predicted octanol–water partition coefficient (Wildman–Crippen LogP) is 1.75. The number of hydrogen-bond donors (Lipinski definition) is 14. The molecule has 0 aromatic heterocycles. The van der Waals surface area contributed by atoms with E-state index in [0.29, 0.717) is 37.5 Å². The van der Waals surface area contributed by atoms with Gasteiger partial charge in [-0.2, -0.15) is 33.7 Å². The quantitative estimate of drug-likeness (QED) is 0.0794. The number of carbonyl (C=O) groups is 4. The number of aliphatic hydroxyl groups is 2. The van der Waals surface area contributed by atoms with E-state index in [2.05, 4.69) is 0 Å². The normalized spacial score (nSPS) is 10.6. The van der Waals surface area contributed by atoms with Crippen LogP contribution in [0.25, 0.3) is 0 Å². The Bertz CT molecular complexity index is 2350. The third-order valence-electron chi connectivity index (χ3n) is 6.43. The van der Waals surface area contributed by atoms with Gasteiger partial charge in [0.2, 0.25) is 0 Å². The average molecular weight is 1030 g/mol. The molecule has 0 saturated carbocycles. The van der Waals surface area contributed by atoms with Crippen molar-refractivity contribution < 1.29 is 122 Å². The Hall–Kier alpha value is -4.84. The van der Waals surface area contributed by atoms with Crippen molar-refractivity contribution >= 4 is 116 Å². The van der Waals surface area contributed by atoms with E-state index >= 15 is 0 Å². The topological polar surface area (TPSA) is 488 Å². The van der Waals surface area contributed by atoms with Crippen LogP contribution in [0.2, 0.25) is 0 Å². The molecule has 0 bridgehead atoms. The van der Waals surface area contributed by atoms with Crippen LogP contribution in [0.15, 0.2) is 92.4 Å². The maximum atomic E-state index is 10.6. The summed E-state index contributed by atoms with van der Waals surface area (Å²) in [6.45, 7) is 4.50. The van der Waals surface area contributed by atoms with Gasteiger partial charge in [-0.05, 0) is 85.6 Å². The Labute approximate surface area is 411 Å². The first-order chi connectivity index (χ1) is 29.1. The Morgan fingerprint density at radius 2 is 0.523 bits per heavy atom. The number of benzene rings is 4. The van der Waals surface area contributed by atoms with Crippen LogP contribution in [-0.2, 0) is 40.5 Å². The molecule has 0 saturated heterocycles. The van der Waals surface area contributed by atoms with Crippen molar-refractivity contribution in [1.29, 1.82) is 0 Å². The van der Waals surface area contributed by atoms with E-state index in [1.165, 1.54) is 0 Å². The Kier molecular flexibility index (Phi) is 28.7. The molecule has 4 rings (SSSR count). The van der Waals surface area contributed by atoms with Crippen LogP contribution in [-0.4, -0.2) is 191 Å². The smallest absolute Gasteiger partial charge is 0.339 e. The molecule has 357 valence electrons. The van der Waals surface area contributed by atoms with Gasteiger partial charge in [-0.1, -0.05) is 13.8 Å². The summed E-state index contributed by atoms with van der Waals surface area (Å²) < 4.78 is 119. The second kappa shape index (κ2) is 28.9. The van der Waals surface area contributed by atoms with Crippen molar-refractivity contribution in [3.05, 3.63) is 95.1 Å². The van der Waals surface area contributed by atoms with Crippen molar-refractivity contribution in [2.75, 3.05) is 13.2 Å². The summed E-state index contributed by atoms with van der Waals surface area (Å²) in [5.41, 5.74) is -2.33. The standard InChI is InChI=1S/4C7H6O6S.2C3H8O.K/c4*8-6-2-1-4(14(11,12)13)3-5(6)7(9)10;2*1-2-3-4;/h4*1-3,8H,(H,9,10)(H,11,12,13);2*4H,2-3H2,1H3;. The fourth-order valence-corrected chi connectivity index (χ4v) is 5.41. The van der Waals surface area contributed by atoms with E-state index in [1.54, 1.807) is 0 Å². The molecule has 4 aromatic rings. The van der Waals surface area contributed by atoms with Crippen LogP contribution < -0.4 is 0 Å². The van der Waals surface area contributed by atoms with Gasteiger partial charge in [0.25, 0.3) is 40.5 Å². The molecule has 0 aliphatic carbocycles. The van der Waals surface area contributed by atoms with Gasteiger partial charge in [0.15, 0.2) is 0 Å². The molecule has 0 fully saturated rings. The predicted molar refractivity (Wildman–Crippen MR) is 220 cm³/mol. The van der Waals surface area contributed by atoms with Crippen molar-refractivity contribution in [2.45, 2.75) is 46.3 Å². The van der Waals surface area contributed by atoms with Gasteiger partial charge in [-0.25, -0.2) is 19.2 Å². The number of rotatable bonds is 10. The Balaban J connectivity index is -0.000000742. The van der Waals surface area contributed by atoms with Crippen molar-refractivity contribution in [1.82, 2.24) is 0 Å². The molecule has 0 amide bonds. The molecule has 0 atom stereocenters. The van der Waals surface area contributed by atoms with Crippen LogP contribution in [0.5, 0.6) is 23.0 Å². The van der Waals surface area contributed by atoms with Gasteiger partial charge in [0.1, 0.15) is 45.3 Å². The Morgan fingerprint density at radius 1 is 0.385 bits per heavy atom. The van der Waals surface area contributed by atoms with Crippen molar-refractivity contribution in [3.8, 4) is 23.0 Å². The van der Waals surface area contributed by atoms with Gasteiger partial charge in [-0.3, -0.25) is 18.2 Å². The summed E-state index contributed by atoms with van der Waals surface area (Å²) in [5, 5.41) is 85.9. The number of hydrogen-bond acceptors (Lipinski definition) is 18. The number of carboxylic acid groups (broad SMARTS) is 4. The van der Waals surface area contributed by atoms with Crippen LogP contribution in [0.4, 0.5) is 0 Å². The van der Waals surface area contributed by atoms with Crippen LogP contribution in [0.1, 0.15) is 68.1 Å². The van der Waals surface area contributed by atoms with Crippen LogP contribution >= 0.6 is 0 Å². The first-order valence-corrected chi connectivity index (χ1v) is 22.2. The second-order valence-corrected chi connectivity index (χ2v) is 17.0. The molecule has 0 unspecified atom stereocenters. The molecule has 14 N–H and O–H groups in total. The summed E-state index contributed by atoms with van der Waals surface area (Å²) in [6.07, 6.45) is 1.75. The zero-order chi connectivity index (χ0) is 50.6. The first-order valence-electron chi connectivity index (χ1n) is 16.5. The molecule has 26 nitrogen and oxygen atoms in total. The first kappa shape index (κ1) is 64.4. The molecule has 0 aliphatic rings. The number of phenols is 4. The third-order valence-corrected chi connectivity index (χ3v) is 9.83. The van der Waals surface area contributed by atoms with Crippen molar-refractivity contribution in [2.24, 2.45) is 0 Å². The van der Waals surface area contributed by atoms with Gasteiger partial charge in [-0.15, -0.1) is 0 Å².